The van der Waals surface area contributed by atoms with Gasteiger partial charge in [-0.3, -0.25) is 0 Å². The molecule has 2 aromatic rings. The van der Waals surface area contributed by atoms with Crippen LogP contribution < -0.4 is 0 Å². The van der Waals surface area contributed by atoms with Gasteiger partial charge in [-0.25, -0.2) is 0 Å². The summed E-state index contributed by atoms with van der Waals surface area (Å²) < 4.78 is 0. The van der Waals surface area contributed by atoms with Gasteiger partial charge in [0.15, 0.2) is 0 Å². The summed E-state index contributed by atoms with van der Waals surface area (Å²) in [6.45, 7) is 6.31. The van der Waals surface area contributed by atoms with E-state index in [2.05, 4.69) is 39.0 Å². The Labute approximate surface area is 113 Å². The van der Waals surface area contributed by atoms with Crippen molar-refractivity contribution in [3.63, 3.8) is 0 Å². The first-order chi connectivity index (χ1) is 8.47. The average molecular weight is 258 g/mol. The molecule has 0 atom stereocenters. The van der Waals surface area contributed by atoms with Crippen molar-refractivity contribution in [2.45, 2.75) is 36.0 Å². The molecule has 0 bridgehead atoms. The number of phenolic OH excluding ortho intramolecular Hbond substituents is 1. The monoisotopic (exact) mass is 258 g/mol. The van der Waals surface area contributed by atoms with E-state index in [1.807, 2.05) is 30.3 Å². The normalized spacial score (nSPS) is 11.5. The van der Waals surface area contributed by atoms with Gasteiger partial charge in [0.25, 0.3) is 0 Å². The molecule has 0 aliphatic carbocycles. The van der Waals surface area contributed by atoms with Gasteiger partial charge in [-0.2, -0.15) is 0 Å². The fraction of sp³-hybridized carbons (Fsp3) is 0.250. The Bertz CT molecular complexity index is 527. The van der Waals surface area contributed by atoms with Crippen molar-refractivity contribution >= 4 is 11.8 Å². The summed E-state index contributed by atoms with van der Waals surface area (Å²) in [4.78, 5) is 2.24. The van der Waals surface area contributed by atoms with Crippen LogP contribution in [0.25, 0.3) is 0 Å². The Kier molecular flexibility index (Phi) is 3.67. The Morgan fingerprint density at radius 3 is 2.11 bits per heavy atom. The molecule has 0 amide bonds. The smallest absolute Gasteiger partial charge is 0.120 e. The Morgan fingerprint density at radius 1 is 0.889 bits per heavy atom. The van der Waals surface area contributed by atoms with Crippen LogP contribution in [0.4, 0.5) is 0 Å². The molecule has 94 valence electrons. The molecule has 0 fully saturated rings. The fourth-order valence-corrected chi connectivity index (χ4v) is 2.71. The number of rotatable bonds is 2. The van der Waals surface area contributed by atoms with Crippen LogP contribution in [0.5, 0.6) is 5.75 Å². The maximum Gasteiger partial charge on any atom is 0.120 e. The highest BCUT2D eigenvalue weighted by Crippen LogP contribution is 2.35. The summed E-state index contributed by atoms with van der Waals surface area (Å²) in [5.41, 5.74) is 0.958. The van der Waals surface area contributed by atoms with Gasteiger partial charge in [0.05, 0.1) is 0 Å². The maximum atomic E-state index is 10.1. The minimum Gasteiger partial charge on any atom is -0.508 e. The summed E-state index contributed by atoms with van der Waals surface area (Å²) in [6.07, 6.45) is 0. The first-order valence-electron chi connectivity index (χ1n) is 6.03. The molecule has 0 spiro atoms. The predicted molar refractivity (Wildman–Crippen MR) is 77.4 cm³/mol. The summed E-state index contributed by atoms with van der Waals surface area (Å²) in [6, 6.07) is 16.1. The molecule has 2 rings (SSSR count). The molecule has 18 heavy (non-hydrogen) atoms. The molecule has 0 radical (unpaired) electrons. The quantitative estimate of drug-likeness (QED) is 0.831. The van der Waals surface area contributed by atoms with Crippen LogP contribution in [-0.2, 0) is 5.41 Å². The van der Waals surface area contributed by atoms with E-state index in [4.69, 9.17) is 0 Å². The average Bonchev–Trinajstić information content (AvgIpc) is 2.28. The lowest BCUT2D eigenvalue weighted by Crippen LogP contribution is -2.10. The highest BCUT2D eigenvalue weighted by molar-refractivity contribution is 7.99. The summed E-state index contributed by atoms with van der Waals surface area (Å²) >= 11 is 1.66. The third kappa shape index (κ3) is 3.08. The molecule has 0 aromatic heterocycles. The molecule has 0 saturated carbocycles. The van der Waals surface area contributed by atoms with Gasteiger partial charge in [0.1, 0.15) is 5.75 Å². The van der Waals surface area contributed by atoms with Crippen molar-refractivity contribution < 1.29 is 5.11 Å². The molecule has 0 heterocycles. The SMILES string of the molecule is CC(C)(C)c1ccc(Sc2ccccc2)cc1O. The second-order valence-electron chi connectivity index (χ2n) is 5.34. The molecule has 1 nitrogen and oxygen atoms in total. The van der Waals surface area contributed by atoms with Crippen molar-refractivity contribution in [1.82, 2.24) is 0 Å². The van der Waals surface area contributed by atoms with Crippen LogP contribution >= 0.6 is 11.8 Å². The third-order valence-corrected chi connectivity index (χ3v) is 3.75. The zero-order valence-electron chi connectivity index (χ0n) is 11.0. The van der Waals surface area contributed by atoms with Crippen molar-refractivity contribution in [3.05, 3.63) is 54.1 Å². The van der Waals surface area contributed by atoms with E-state index < -0.39 is 0 Å². The van der Waals surface area contributed by atoms with E-state index in [1.54, 1.807) is 11.8 Å². The molecular weight excluding hydrogens is 240 g/mol. The highest BCUT2D eigenvalue weighted by atomic mass is 32.2. The second-order valence-corrected chi connectivity index (χ2v) is 6.49. The van der Waals surface area contributed by atoms with Crippen molar-refractivity contribution in [3.8, 4) is 5.75 Å². The Hall–Kier alpha value is -1.41. The molecule has 0 saturated heterocycles. The van der Waals surface area contributed by atoms with Crippen LogP contribution in [0.1, 0.15) is 26.3 Å². The molecular formula is C16H18OS. The molecule has 2 heteroatoms. The largest absolute Gasteiger partial charge is 0.508 e. The number of hydrogen-bond acceptors (Lipinski definition) is 2. The van der Waals surface area contributed by atoms with Crippen molar-refractivity contribution in [1.29, 1.82) is 0 Å². The second kappa shape index (κ2) is 5.07. The van der Waals surface area contributed by atoms with Gasteiger partial charge in [-0.15, -0.1) is 0 Å². The molecule has 0 unspecified atom stereocenters. The summed E-state index contributed by atoms with van der Waals surface area (Å²) in [7, 11) is 0. The van der Waals surface area contributed by atoms with E-state index in [0.29, 0.717) is 5.75 Å². The maximum absolute atomic E-state index is 10.1. The third-order valence-electron chi connectivity index (χ3n) is 2.76. The van der Waals surface area contributed by atoms with Crippen LogP contribution in [0, 0.1) is 0 Å². The van der Waals surface area contributed by atoms with E-state index in [9.17, 15) is 5.11 Å². The van der Waals surface area contributed by atoms with E-state index >= 15 is 0 Å². The van der Waals surface area contributed by atoms with Crippen LogP contribution in [0.2, 0.25) is 0 Å². The molecule has 0 aliphatic rings. The molecule has 1 N–H and O–H groups in total. The van der Waals surface area contributed by atoms with Crippen LogP contribution in [0.3, 0.4) is 0 Å². The predicted octanol–water partition coefficient (Wildman–Crippen LogP) is 4.84. The van der Waals surface area contributed by atoms with Gasteiger partial charge < -0.3 is 5.11 Å². The molecule has 0 aliphatic heterocycles. The van der Waals surface area contributed by atoms with Crippen LogP contribution in [-0.4, -0.2) is 5.11 Å². The number of phenols is 1. The fourth-order valence-electron chi connectivity index (χ4n) is 1.83. The Balaban J connectivity index is 2.25. The number of hydrogen-bond donors (Lipinski definition) is 1. The topological polar surface area (TPSA) is 20.2 Å². The van der Waals surface area contributed by atoms with Gasteiger partial charge in [-0.1, -0.05) is 56.8 Å². The lowest BCUT2D eigenvalue weighted by Gasteiger charge is -2.20. The first-order valence-corrected chi connectivity index (χ1v) is 6.85. The van der Waals surface area contributed by atoms with Crippen molar-refractivity contribution in [2.75, 3.05) is 0 Å². The summed E-state index contributed by atoms with van der Waals surface area (Å²) in [5.74, 6) is 0.378. The van der Waals surface area contributed by atoms with Gasteiger partial charge in [0.2, 0.25) is 0 Å². The number of aromatic hydroxyl groups is 1. The standard InChI is InChI=1S/C16H18OS/c1-16(2,3)14-10-9-13(11-15(14)17)18-12-7-5-4-6-8-12/h4-11,17H,1-3H3. The van der Waals surface area contributed by atoms with Gasteiger partial charge in [0, 0.05) is 9.79 Å². The first kappa shape index (κ1) is 13.0. The molecule has 2 aromatic carbocycles. The zero-order valence-corrected chi connectivity index (χ0v) is 11.8. The van der Waals surface area contributed by atoms with E-state index in [0.717, 1.165) is 10.5 Å². The highest BCUT2D eigenvalue weighted by Gasteiger charge is 2.17. The minimum atomic E-state index is -0.0278. The van der Waals surface area contributed by atoms with Gasteiger partial charge in [-0.05, 0) is 35.2 Å². The van der Waals surface area contributed by atoms with Gasteiger partial charge >= 0.3 is 0 Å². The minimum absolute atomic E-state index is 0.0278. The van der Waals surface area contributed by atoms with E-state index in [-0.39, 0.29) is 5.41 Å². The summed E-state index contributed by atoms with van der Waals surface area (Å²) in [5, 5.41) is 10.1. The lowest BCUT2D eigenvalue weighted by atomic mass is 9.86. The number of benzene rings is 2. The van der Waals surface area contributed by atoms with E-state index in [1.165, 1.54) is 4.90 Å². The Morgan fingerprint density at radius 2 is 1.56 bits per heavy atom. The van der Waals surface area contributed by atoms with Crippen LogP contribution in [0.15, 0.2) is 58.3 Å². The zero-order chi connectivity index (χ0) is 13.2. The van der Waals surface area contributed by atoms with Crippen molar-refractivity contribution in [2.24, 2.45) is 0 Å². The lowest BCUT2D eigenvalue weighted by molar-refractivity contribution is 0.445.